The van der Waals surface area contributed by atoms with Crippen LogP contribution in [0.15, 0.2) is 18.2 Å². The van der Waals surface area contributed by atoms with Crippen LogP contribution in [-0.4, -0.2) is 26.0 Å². The Morgan fingerprint density at radius 1 is 1.36 bits per heavy atom. The number of nitrogens with two attached hydrogens (primary N) is 1. The minimum Gasteiger partial charge on any atom is -0.469 e. The standard InChI is InChI=1S/C17H24N2O3/c1-12-3-8-15(18)16(9-12)19(11-20)10-13-4-6-14(7-5-13)17(21)22-2/h3,8-9,11,13-14H,4-7,10,18H2,1-2H3. The molecule has 0 bridgehead atoms. The number of hydrogen-bond acceptors (Lipinski definition) is 4. The van der Waals surface area contributed by atoms with E-state index in [9.17, 15) is 9.59 Å². The van der Waals surface area contributed by atoms with E-state index in [1.165, 1.54) is 7.11 Å². The van der Waals surface area contributed by atoms with Crippen molar-refractivity contribution < 1.29 is 14.3 Å². The van der Waals surface area contributed by atoms with Crippen LogP contribution in [0.5, 0.6) is 0 Å². The first-order valence-corrected chi connectivity index (χ1v) is 7.71. The normalized spacial score (nSPS) is 21.2. The third kappa shape index (κ3) is 3.78. The van der Waals surface area contributed by atoms with Crippen LogP contribution >= 0.6 is 0 Å². The van der Waals surface area contributed by atoms with Gasteiger partial charge in [0, 0.05) is 6.54 Å². The lowest BCUT2D eigenvalue weighted by Crippen LogP contribution is -2.32. The summed E-state index contributed by atoms with van der Waals surface area (Å²) in [6.07, 6.45) is 4.35. The molecule has 5 heteroatoms. The summed E-state index contributed by atoms with van der Waals surface area (Å²) in [4.78, 5) is 24.7. The Kier molecular flexibility index (Phi) is 5.41. The van der Waals surface area contributed by atoms with Crippen molar-refractivity contribution in [2.24, 2.45) is 11.8 Å². The van der Waals surface area contributed by atoms with E-state index in [1.807, 2.05) is 25.1 Å². The van der Waals surface area contributed by atoms with E-state index in [1.54, 1.807) is 4.90 Å². The maximum atomic E-state index is 11.6. The zero-order chi connectivity index (χ0) is 16.1. The molecule has 1 amide bonds. The van der Waals surface area contributed by atoms with Crippen molar-refractivity contribution in [3.8, 4) is 0 Å². The van der Waals surface area contributed by atoms with Gasteiger partial charge in [0.15, 0.2) is 0 Å². The van der Waals surface area contributed by atoms with Gasteiger partial charge in [0.2, 0.25) is 6.41 Å². The molecule has 22 heavy (non-hydrogen) atoms. The highest BCUT2D eigenvalue weighted by molar-refractivity contribution is 5.82. The van der Waals surface area contributed by atoms with Crippen molar-refractivity contribution >= 4 is 23.8 Å². The lowest BCUT2D eigenvalue weighted by molar-refractivity contribution is -0.146. The van der Waals surface area contributed by atoms with Gasteiger partial charge in [0.05, 0.1) is 24.4 Å². The van der Waals surface area contributed by atoms with Gasteiger partial charge in [-0.3, -0.25) is 9.59 Å². The average Bonchev–Trinajstić information content (AvgIpc) is 2.55. The Hall–Kier alpha value is -2.04. The first-order chi connectivity index (χ1) is 10.5. The van der Waals surface area contributed by atoms with Gasteiger partial charge in [-0.2, -0.15) is 0 Å². The Morgan fingerprint density at radius 3 is 2.64 bits per heavy atom. The number of benzene rings is 1. The number of nitrogens with zero attached hydrogens (tertiary/aromatic N) is 1. The van der Waals surface area contributed by atoms with Crippen LogP contribution in [-0.2, 0) is 14.3 Å². The van der Waals surface area contributed by atoms with Crippen LogP contribution in [0, 0.1) is 18.8 Å². The first-order valence-electron chi connectivity index (χ1n) is 7.71. The second kappa shape index (κ2) is 7.29. The Balaban J connectivity index is 1.99. The molecule has 0 heterocycles. The van der Waals surface area contributed by atoms with Gasteiger partial charge in [-0.05, 0) is 56.2 Å². The number of anilines is 2. The molecule has 0 atom stereocenters. The average molecular weight is 304 g/mol. The minimum atomic E-state index is -0.117. The largest absolute Gasteiger partial charge is 0.469 e. The molecular weight excluding hydrogens is 280 g/mol. The van der Waals surface area contributed by atoms with E-state index in [2.05, 4.69) is 0 Å². The Bertz CT molecular complexity index is 537. The molecule has 1 aromatic rings. The van der Waals surface area contributed by atoms with Gasteiger partial charge in [0.1, 0.15) is 0 Å². The van der Waals surface area contributed by atoms with Crippen LogP contribution in [0.4, 0.5) is 11.4 Å². The molecule has 1 aliphatic carbocycles. The highest BCUT2D eigenvalue weighted by Crippen LogP contribution is 2.32. The van der Waals surface area contributed by atoms with Crippen molar-refractivity contribution in [2.75, 3.05) is 24.3 Å². The smallest absolute Gasteiger partial charge is 0.308 e. The van der Waals surface area contributed by atoms with Crippen molar-refractivity contribution in [2.45, 2.75) is 32.6 Å². The molecule has 0 saturated heterocycles. The Labute approximate surface area is 131 Å². The van der Waals surface area contributed by atoms with E-state index in [-0.39, 0.29) is 11.9 Å². The summed E-state index contributed by atoms with van der Waals surface area (Å²) in [6.45, 7) is 2.62. The quantitative estimate of drug-likeness (QED) is 0.515. The summed E-state index contributed by atoms with van der Waals surface area (Å²) in [7, 11) is 1.43. The number of amides is 1. The molecule has 2 rings (SSSR count). The first kappa shape index (κ1) is 16.3. The number of carbonyl (C=O) groups is 2. The summed E-state index contributed by atoms with van der Waals surface area (Å²) in [6, 6.07) is 5.70. The highest BCUT2D eigenvalue weighted by atomic mass is 16.5. The predicted molar refractivity (Wildman–Crippen MR) is 86.5 cm³/mol. The molecule has 0 spiro atoms. The van der Waals surface area contributed by atoms with Crippen LogP contribution in [0.2, 0.25) is 0 Å². The minimum absolute atomic E-state index is 0.00923. The SMILES string of the molecule is COC(=O)C1CCC(CN(C=O)c2cc(C)ccc2N)CC1. The maximum absolute atomic E-state index is 11.6. The second-order valence-corrected chi connectivity index (χ2v) is 6.06. The molecule has 0 radical (unpaired) electrons. The van der Waals surface area contributed by atoms with Crippen LogP contribution in [0.25, 0.3) is 0 Å². The fourth-order valence-electron chi connectivity index (χ4n) is 3.13. The van der Waals surface area contributed by atoms with Crippen LogP contribution in [0.3, 0.4) is 0 Å². The summed E-state index contributed by atoms with van der Waals surface area (Å²) < 4.78 is 4.80. The lowest BCUT2D eigenvalue weighted by Gasteiger charge is -2.30. The zero-order valence-corrected chi connectivity index (χ0v) is 13.2. The van der Waals surface area contributed by atoms with Gasteiger partial charge < -0.3 is 15.4 Å². The fourth-order valence-corrected chi connectivity index (χ4v) is 3.13. The number of methoxy groups -OCH3 is 1. The third-order valence-corrected chi connectivity index (χ3v) is 4.46. The monoisotopic (exact) mass is 304 g/mol. The number of aryl methyl sites for hydroxylation is 1. The number of hydrogen-bond donors (Lipinski definition) is 1. The molecular formula is C17H24N2O3. The van der Waals surface area contributed by atoms with Gasteiger partial charge in [-0.15, -0.1) is 0 Å². The number of ether oxygens (including phenoxy) is 1. The van der Waals surface area contributed by atoms with Crippen LogP contribution < -0.4 is 10.6 Å². The van der Waals surface area contributed by atoms with E-state index in [0.29, 0.717) is 18.2 Å². The van der Waals surface area contributed by atoms with Gasteiger partial charge >= 0.3 is 5.97 Å². The Morgan fingerprint density at radius 2 is 2.05 bits per heavy atom. The van der Waals surface area contributed by atoms with E-state index in [0.717, 1.165) is 43.3 Å². The maximum Gasteiger partial charge on any atom is 0.308 e. The fraction of sp³-hybridized carbons (Fsp3) is 0.529. The number of nitrogen functional groups attached to an aromatic ring is 1. The van der Waals surface area contributed by atoms with Gasteiger partial charge in [0.25, 0.3) is 0 Å². The topological polar surface area (TPSA) is 72.6 Å². The summed E-state index contributed by atoms with van der Waals surface area (Å²) >= 11 is 0. The van der Waals surface area contributed by atoms with Gasteiger partial charge in [-0.1, -0.05) is 6.07 Å². The van der Waals surface area contributed by atoms with E-state index in [4.69, 9.17) is 10.5 Å². The molecule has 1 fully saturated rings. The predicted octanol–water partition coefficient (Wildman–Crippen LogP) is 2.52. The number of rotatable bonds is 5. The highest BCUT2D eigenvalue weighted by Gasteiger charge is 2.28. The number of carbonyl (C=O) groups excluding carboxylic acids is 2. The molecule has 5 nitrogen and oxygen atoms in total. The molecule has 120 valence electrons. The van der Waals surface area contributed by atoms with Crippen LogP contribution in [0.1, 0.15) is 31.2 Å². The summed E-state index contributed by atoms with van der Waals surface area (Å²) in [5.41, 5.74) is 8.44. The molecule has 0 aromatic heterocycles. The van der Waals surface area contributed by atoms with Crippen molar-refractivity contribution in [3.63, 3.8) is 0 Å². The summed E-state index contributed by atoms with van der Waals surface area (Å²) in [5.74, 6) is 0.287. The number of esters is 1. The van der Waals surface area contributed by atoms with E-state index >= 15 is 0 Å². The third-order valence-electron chi connectivity index (χ3n) is 4.46. The zero-order valence-electron chi connectivity index (χ0n) is 13.2. The van der Waals surface area contributed by atoms with Crippen molar-refractivity contribution in [3.05, 3.63) is 23.8 Å². The molecule has 1 saturated carbocycles. The van der Waals surface area contributed by atoms with Crippen molar-refractivity contribution in [1.29, 1.82) is 0 Å². The molecule has 0 aliphatic heterocycles. The molecule has 1 aliphatic rings. The second-order valence-electron chi connectivity index (χ2n) is 6.06. The molecule has 0 unspecified atom stereocenters. The summed E-state index contributed by atoms with van der Waals surface area (Å²) in [5, 5.41) is 0. The van der Waals surface area contributed by atoms with Crippen molar-refractivity contribution in [1.82, 2.24) is 0 Å². The molecule has 1 aromatic carbocycles. The van der Waals surface area contributed by atoms with E-state index < -0.39 is 0 Å². The lowest BCUT2D eigenvalue weighted by atomic mass is 9.82. The van der Waals surface area contributed by atoms with Gasteiger partial charge in [-0.25, -0.2) is 0 Å². The molecule has 2 N–H and O–H groups in total.